The first-order valence-electron chi connectivity index (χ1n) is 4.85. The Hall–Kier alpha value is -0.900. The molecule has 82 valence electrons. The van der Waals surface area contributed by atoms with Gasteiger partial charge in [0, 0.05) is 13.1 Å². The van der Waals surface area contributed by atoms with Crippen molar-refractivity contribution in [3.8, 4) is 0 Å². The fraction of sp³-hybridized carbons (Fsp3) is 0.800. The summed E-state index contributed by atoms with van der Waals surface area (Å²) in [6.45, 7) is 7.20. The minimum atomic E-state index is -0.817. The summed E-state index contributed by atoms with van der Waals surface area (Å²) in [6.07, 6.45) is 0.0972. The summed E-state index contributed by atoms with van der Waals surface area (Å²) in [5.74, 6) is -0.290. The van der Waals surface area contributed by atoms with Crippen LogP contribution in [0.2, 0.25) is 0 Å². The highest BCUT2D eigenvalue weighted by Crippen LogP contribution is 2.00. The second-order valence-electron chi connectivity index (χ2n) is 3.97. The van der Waals surface area contributed by atoms with Crippen LogP contribution in [0.1, 0.15) is 27.2 Å². The Balaban J connectivity index is 3.96. The molecule has 0 radical (unpaired) electrons. The Morgan fingerprint density at radius 2 is 1.93 bits per heavy atom. The number of rotatable bonds is 7. The van der Waals surface area contributed by atoms with Gasteiger partial charge in [-0.05, 0) is 12.8 Å². The van der Waals surface area contributed by atoms with E-state index in [4.69, 9.17) is 5.11 Å². The third-order valence-electron chi connectivity index (χ3n) is 1.71. The maximum atomic E-state index is 10.9. The van der Waals surface area contributed by atoms with Crippen LogP contribution in [0.4, 0.5) is 0 Å². The van der Waals surface area contributed by atoms with Crippen molar-refractivity contribution in [1.29, 1.82) is 0 Å². The zero-order chi connectivity index (χ0) is 11.1. The first-order valence-corrected chi connectivity index (χ1v) is 4.85. The van der Waals surface area contributed by atoms with Crippen LogP contribution < -0.4 is 0 Å². The fourth-order valence-electron chi connectivity index (χ4n) is 1.32. The van der Waals surface area contributed by atoms with Gasteiger partial charge >= 0.3 is 5.97 Å². The smallest absolute Gasteiger partial charge is 0.304 e. The van der Waals surface area contributed by atoms with Crippen LogP contribution in [0, 0.1) is 5.92 Å². The lowest BCUT2D eigenvalue weighted by molar-refractivity contribution is -0.137. The highest BCUT2D eigenvalue weighted by atomic mass is 16.4. The predicted molar refractivity (Wildman–Crippen MR) is 54.2 cm³/mol. The number of carboxylic acid groups (broad SMARTS) is 1. The van der Waals surface area contributed by atoms with E-state index < -0.39 is 5.97 Å². The average molecular weight is 201 g/mol. The molecular weight excluding hydrogens is 182 g/mol. The van der Waals surface area contributed by atoms with E-state index in [9.17, 15) is 9.59 Å². The highest BCUT2D eigenvalue weighted by Gasteiger charge is 2.10. The van der Waals surface area contributed by atoms with Gasteiger partial charge in [0.25, 0.3) is 0 Å². The minimum Gasteiger partial charge on any atom is -0.481 e. The van der Waals surface area contributed by atoms with Crippen molar-refractivity contribution in [3.63, 3.8) is 0 Å². The Bertz CT molecular complexity index is 202. The predicted octanol–water partition coefficient (Wildman–Crippen LogP) is 1.01. The largest absolute Gasteiger partial charge is 0.481 e. The molecule has 1 N–H and O–H groups in total. The highest BCUT2D eigenvalue weighted by molar-refractivity contribution is 5.77. The number of hydrogen-bond donors (Lipinski definition) is 1. The maximum Gasteiger partial charge on any atom is 0.304 e. The molecule has 14 heavy (non-hydrogen) atoms. The second kappa shape index (κ2) is 6.54. The number of aliphatic carboxylic acids is 1. The van der Waals surface area contributed by atoms with Gasteiger partial charge in [-0.1, -0.05) is 13.8 Å². The van der Waals surface area contributed by atoms with Gasteiger partial charge in [-0.25, -0.2) is 0 Å². The lowest BCUT2D eigenvalue weighted by Gasteiger charge is -2.21. The van der Waals surface area contributed by atoms with E-state index in [1.54, 1.807) is 0 Å². The molecule has 0 aliphatic carbocycles. The summed E-state index contributed by atoms with van der Waals surface area (Å²) in [7, 11) is 0. The number of nitrogens with zero attached hydrogens (tertiary/aromatic N) is 1. The summed E-state index contributed by atoms with van der Waals surface area (Å²) < 4.78 is 0. The molecule has 0 unspecified atom stereocenters. The van der Waals surface area contributed by atoms with Crippen molar-refractivity contribution in [2.75, 3.05) is 19.6 Å². The number of Topliss-reactive ketones (excluding diaryl/α,β-unsaturated/α-hetero) is 1. The van der Waals surface area contributed by atoms with Crippen LogP contribution in [0.5, 0.6) is 0 Å². The molecule has 0 aromatic carbocycles. The Kier molecular flexibility index (Phi) is 6.12. The topological polar surface area (TPSA) is 57.6 Å². The van der Waals surface area contributed by atoms with E-state index in [-0.39, 0.29) is 12.2 Å². The van der Waals surface area contributed by atoms with E-state index >= 15 is 0 Å². The Morgan fingerprint density at radius 3 is 2.29 bits per heavy atom. The standard InChI is InChI=1S/C10H19NO3/c1-8(2)6-11(7-9(3)12)5-4-10(13)14/h8H,4-7H2,1-3H3,(H,13,14). The van der Waals surface area contributed by atoms with Gasteiger partial charge in [0.05, 0.1) is 13.0 Å². The first kappa shape index (κ1) is 13.1. The first-order chi connectivity index (χ1) is 6.41. The Labute approximate surface area is 84.9 Å². The van der Waals surface area contributed by atoms with Gasteiger partial charge in [-0.3, -0.25) is 14.5 Å². The Morgan fingerprint density at radius 1 is 1.36 bits per heavy atom. The van der Waals surface area contributed by atoms with Gasteiger partial charge in [-0.2, -0.15) is 0 Å². The molecule has 0 aromatic rings. The van der Waals surface area contributed by atoms with Crippen LogP contribution in [0.3, 0.4) is 0 Å². The molecule has 4 heteroatoms. The zero-order valence-corrected chi connectivity index (χ0v) is 9.12. The molecule has 0 aliphatic heterocycles. The van der Waals surface area contributed by atoms with Crippen LogP contribution in [0.25, 0.3) is 0 Å². The van der Waals surface area contributed by atoms with Crippen molar-refractivity contribution in [2.24, 2.45) is 5.92 Å². The van der Waals surface area contributed by atoms with Crippen LogP contribution in [-0.2, 0) is 9.59 Å². The number of carbonyl (C=O) groups excluding carboxylic acids is 1. The molecule has 0 atom stereocenters. The molecule has 0 spiro atoms. The van der Waals surface area contributed by atoms with Gasteiger partial charge in [0.1, 0.15) is 5.78 Å². The summed E-state index contributed by atoms with van der Waals surface area (Å²) in [5, 5.41) is 8.52. The number of carbonyl (C=O) groups is 2. The summed E-state index contributed by atoms with van der Waals surface area (Å²) in [4.78, 5) is 23.1. The summed E-state index contributed by atoms with van der Waals surface area (Å²) in [6, 6.07) is 0. The molecule has 0 fully saturated rings. The van der Waals surface area contributed by atoms with Crippen molar-refractivity contribution >= 4 is 11.8 Å². The quantitative estimate of drug-likeness (QED) is 0.667. The average Bonchev–Trinajstić information content (AvgIpc) is 1.97. The lowest BCUT2D eigenvalue weighted by Crippen LogP contribution is -2.33. The van der Waals surface area contributed by atoms with E-state index in [1.165, 1.54) is 6.92 Å². The molecule has 4 nitrogen and oxygen atoms in total. The fourth-order valence-corrected chi connectivity index (χ4v) is 1.32. The van der Waals surface area contributed by atoms with Crippen molar-refractivity contribution in [1.82, 2.24) is 4.90 Å². The molecule has 0 aliphatic rings. The third-order valence-corrected chi connectivity index (χ3v) is 1.71. The molecule has 0 bridgehead atoms. The van der Waals surface area contributed by atoms with Crippen LogP contribution in [-0.4, -0.2) is 41.4 Å². The van der Waals surface area contributed by atoms with Gasteiger partial charge in [-0.15, -0.1) is 0 Å². The molecule has 0 heterocycles. The summed E-state index contributed by atoms with van der Waals surface area (Å²) >= 11 is 0. The SMILES string of the molecule is CC(=O)CN(CCC(=O)O)CC(C)C. The van der Waals surface area contributed by atoms with Gasteiger partial charge in [0.2, 0.25) is 0 Å². The van der Waals surface area contributed by atoms with E-state index in [0.29, 0.717) is 19.0 Å². The maximum absolute atomic E-state index is 10.9. The molecule has 0 saturated carbocycles. The van der Waals surface area contributed by atoms with Gasteiger partial charge in [0.15, 0.2) is 0 Å². The molecule has 0 aromatic heterocycles. The van der Waals surface area contributed by atoms with Crippen molar-refractivity contribution < 1.29 is 14.7 Å². The number of carboxylic acids is 1. The molecular formula is C10H19NO3. The van der Waals surface area contributed by atoms with E-state index in [1.807, 2.05) is 18.7 Å². The van der Waals surface area contributed by atoms with Gasteiger partial charge < -0.3 is 5.11 Å². The van der Waals surface area contributed by atoms with E-state index in [2.05, 4.69) is 0 Å². The third kappa shape index (κ3) is 7.73. The number of hydrogen-bond acceptors (Lipinski definition) is 3. The second-order valence-corrected chi connectivity index (χ2v) is 3.97. The normalized spacial score (nSPS) is 10.9. The summed E-state index contributed by atoms with van der Waals surface area (Å²) in [5.41, 5.74) is 0. The van der Waals surface area contributed by atoms with Crippen LogP contribution >= 0.6 is 0 Å². The lowest BCUT2D eigenvalue weighted by atomic mass is 10.2. The molecule has 0 saturated heterocycles. The number of ketones is 1. The van der Waals surface area contributed by atoms with Crippen LogP contribution in [0.15, 0.2) is 0 Å². The molecule has 0 amide bonds. The van der Waals surface area contributed by atoms with Crippen molar-refractivity contribution in [3.05, 3.63) is 0 Å². The molecule has 0 rings (SSSR count). The van der Waals surface area contributed by atoms with E-state index in [0.717, 1.165) is 6.54 Å². The minimum absolute atomic E-state index is 0.0797. The monoisotopic (exact) mass is 201 g/mol. The van der Waals surface area contributed by atoms with Crippen molar-refractivity contribution in [2.45, 2.75) is 27.2 Å². The zero-order valence-electron chi connectivity index (χ0n) is 9.12.